The molecule has 6 heteroatoms. The SMILES string of the molecule is Cc1csc(NC(=O)C=CC(=O)O)c1C(=O)c1ccccc1. The molecule has 1 amide bonds. The summed E-state index contributed by atoms with van der Waals surface area (Å²) in [7, 11) is 0. The highest BCUT2D eigenvalue weighted by Crippen LogP contribution is 2.30. The molecule has 1 heterocycles. The van der Waals surface area contributed by atoms with Gasteiger partial charge in [-0.05, 0) is 17.9 Å². The zero-order valence-corrected chi connectivity index (χ0v) is 12.5. The number of benzene rings is 1. The number of carboxylic acids is 1. The van der Waals surface area contributed by atoms with E-state index in [0.717, 1.165) is 17.7 Å². The maximum atomic E-state index is 12.5. The second kappa shape index (κ2) is 6.82. The zero-order valence-electron chi connectivity index (χ0n) is 11.7. The summed E-state index contributed by atoms with van der Waals surface area (Å²) in [5.74, 6) is -1.98. The quantitative estimate of drug-likeness (QED) is 0.656. The number of hydrogen-bond acceptors (Lipinski definition) is 4. The van der Waals surface area contributed by atoms with Crippen LogP contribution in [0.2, 0.25) is 0 Å². The number of hydrogen-bond donors (Lipinski definition) is 2. The van der Waals surface area contributed by atoms with Crippen LogP contribution in [0.25, 0.3) is 0 Å². The summed E-state index contributed by atoms with van der Waals surface area (Å²) >= 11 is 1.23. The van der Waals surface area contributed by atoms with Gasteiger partial charge >= 0.3 is 5.97 Å². The molecule has 2 rings (SSSR count). The van der Waals surface area contributed by atoms with Gasteiger partial charge in [0.25, 0.3) is 0 Å². The molecule has 0 saturated heterocycles. The molecule has 0 bridgehead atoms. The van der Waals surface area contributed by atoms with Gasteiger partial charge in [-0.3, -0.25) is 9.59 Å². The first-order valence-electron chi connectivity index (χ1n) is 6.39. The number of carbonyl (C=O) groups excluding carboxylic acids is 2. The Balaban J connectivity index is 2.27. The van der Waals surface area contributed by atoms with Crippen LogP contribution in [-0.2, 0) is 9.59 Å². The Morgan fingerprint density at radius 3 is 2.45 bits per heavy atom. The molecule has 0 radical (unpaired) electrons. The van der Waals surface area contributed by atoms with Gasteiger partial charge in [0.2, 0.25) is 5.91 Å². The summed E-state index contributed by atoms with van der Waals surface area (Å²) in [6.07, 6.45) is 1.66. The summed E-state index contributed by atoms with van der Waals surface area (Å²) in [6.45, 7) is 1.79. The van der Waals surface area contributed by atoms with Crippen molar-refractivity contribution < 1.29 is 19.5 Å². The van der Waals surface area contributed by atoms with Gasteiger partial charge in [0.05, 0.1) is 5.56 Å². The average molecular weight is 315 g/mol. The van der Waals surface area contributed by atoms with Gasteiger partial charge in [-0.1, -0.05) is 30.3 Å². The normalized spacial score (nSPS) is 10.6. The van der Waals surface area contributed by atoms with E-state index in [1.54, 1.807) is 36.6 Å². The van der Waals surface area contributed by atoms with E-state index in [2.05, 4.69) is 5.32 Å². The molecule has 2 N–H and O–H groups in total. The van der Waals surface area contributed by atoms with Crippen LogP contribution in [0.15, 0.2) is 47.9 Å². The summed E-state index contributed by atoms with van der Waals surface area (Å²) in [6, 6.07) is 8.76. The van der Waals surface area contributed by atoms with Crippen molar-refractivity contribution in [2.45, 2.75) is 6.92 Å². The molecule has 5 nitrogen and oxygen atoms in total. The van der Waals surface area contributed by atoms with Crippen molar-refractivity contribution in [3.63, 3.8) is 0 Å². The number of thiophene rings is 1. The highest BCUT2D eigenvalue weighted by molar-refractivity contribution is 7.15. The molecular formula is C16H13NO4S. The molecule has 0 aliphatic rings. The van der Waals surface area contributed by atoms with E-state index in [0.29, 0.717) is 16.1 Å². The number of aliphatic carboxylic acids is 1. The van der Waals surface area contributed by atoms with Crippen molar-refractivity contribution in [1.82, 2.24) is 0 Å². The summed E-state index contributed by atoms with van der Waals surface area (Å²) in [5, 5.41) is 13.2. The minimum absolute atomic E-state index is 0.183. The molecule has 0 spiro atoms. The molecule has 0 unspecified atom stereocenters. The Morgan fingerprint density at radius 2 is 1.82 bits per heavy atom. The Morgan fingerprint density at radius 1 is 1.14 bits per heavy atom. The number of ketones is 1. The first kappa shape index (κ1) is 15.7. The Kier molecular flexibility index (Phi) is 4.85. The van der Waals surface area contributed by atoms with Crippen molar-refractivity contribution in [3.8, 4) is 0 Å². The fraction of sp³-hybridized carbons (Fsp3) is 0.0625. The van der Waals surface area contributed by atoms with E-state index in [1.807, 2.05) is 6.07 Å². The third-order valence-corrected chi connectivity index (χ3v) is 3.87. The van der Waals surface area contributed by atoms with Gasteiger partial charge in [-0.25, -0.2) is 4.79 Å². The van der Waals surface area contributed by atoms with Crippen LogP contribution in [0.1, 0.15) is 21.5 Å². The van der Waals surface area contributed by atoms with Crippen molar-refractivity contribution >= 4 is 34.0 Å². The molecule has 0 saturated carbocycles. The Hall–Kier alpha value is -2.73. The lowest BCUT2D eigenvalue weighted by atomic mass is 10.0. The number of carbonyl (C=O) groups is 3. The summed E-state index contributed by atoms with van der Waals surface area (Å²) in [4.78, 5) is 34.6. The van der Waals surface area contributed by atoms with Crippen LogP contribution in [0.5, 0.6) is 0 Å². The predicted octanol–water partition coefficient (Wildman–Crippen LogP) is 2.87. The monoisotopic (exact) mass is 315 g/mol. The van der Waals surface area contributed by atoms with Crippen molar-refractivity contribution in [2.75, 3.05) is 5.32 Å². The largest absolute Gasteiger partial charge is 0.478 e. The van der Waals surface area contributed by atoms with Crippen LogP contribution < -0.4 is 5.32 Å². The average Bonchev–Trinajstić information content (AvgIpc) is 2.86. The minimum Gasteiger partial charge on any atom is -0.478 e. The van der Waals surface area contributed by atoms with E-state index >= 15 is 0 Å². The Labute approximate surface area is 130 Å². The van der Waals surface area contributed by atoms with E-state index < -0.39 is 11.9 Å². The Bertz CT molecular complexity index is 747. The van der Waals surface area contributed by atoms with Gasteiger partial charge in [0.1, 0.15) is 5.00 Å². The van der Waals surface area contributed by atoms with Crippen molar-refractivity contribution in [2.24, 2.45) is 0 Å². The van der Waals surface area contributed by atoms with Crippen LogP contribution in [0.3, 0.4) is 0 Å². The molecule has 0 atom stereocenters. The summed E-state index contributed by atoms with van der Waals surface area (Å²) in [5.41, 5.74) is 1.71. The molecule has 0 aliphatic carbocycles. The molecule has 112 valence electrons. The van der Waals surface area contributed by atoms with E-state index in [1.165, 1.54) is 11.3 Å². The first-order chi connectivity index (χ1) is 10.5. The number of nitrogens with one attached hydrogen (secondary N) is 1. The molecule has 0 aliphatic heterocycles. The van der Waals surface area contributed by atoms with Gasteiger partial charge in [-0.2, -0.15) is 0 Å². The van der Waals surface area contributed by atoms with Crippen LogP contribution >= 0.6 is 11.3 Å². The van der Waals surface area contributed by atoms with Crippen LogP contribution in [0, 0.1) is 6.92 Å². The van der Waals surface area contributed by atoms with Gasteiger partial charge in [-0.15, -0.1) is 11.3 Å². The van der Waals surface area contributed by atoms with Crippen molar-refractivity contribution in [1.29, 1.82) is 0 Å². The number of rotatable bonds is 5. The lowest BCUT2D eigenvalue weighted by molar-refractivity contribution is -0.131. The molecule has 0 fully saturated rings. The number of carboxylic acid groups (broad SMARTS) is 1. The first-order valence-corrected chi connectivity index (χ1v) is 7.27. The standard InChI is InChI=1S/C16H13NO4S/c1-10-9-22-16(17-12(18)7-8-13(19)20)14(10)15(21)11-5-3-2-4-6-11/h2-9H,1H3,(H,17,18)(H,19,20). The van der Waals surface area contributed by atoms with Gasteiger partial charge in [0.15, 0.2) is 5.78 Å². The van der Waals surface area contributed by atoms with E-state index in [4.69, 9.17) is 5.11 Å². The van der Waals surface area contributed by atoms with Gasteiger partial charge < -0.3 is 10.4 Å². The fourth-order valence-corrected chi connectivity index (χ4v) is 2.80. The lowest BCUT2D eigenvalue weighted by Crippen LogP contribution is -2.12. The van der Waals surface area contributed by atoms with Gasteiger partial charge in [0, 0.05) is 17.7 Å². The molecule has 22 heavy (non-hydrogen) atoms. The molecule has 1 aromatic heterocycles. The summed E-state index contributed by atoms with van der Waals surface area (Å²) < 4.78 is 0. The third kappa shape index (κ3) is 3.67. The lowest BCUT2D eigenvalue weighted by Gasteiger charge is -2.05. The predicted molar refractivity (Wildman–Crippen MR) is 84.3 cm³/mol. The highest BCUT2D eigenvalue weighted by atomic mass is 32.1. The van der Waals surface area contributed by atoms with E-state index in [9.17, 15) is 14.4 Å². The third-order valence-electron chi connectivity index (χ3n) is 2.85. The molecular weight excluding hydrogens is 302 g/mol. The maximum absolute atomic E-state index is 12.5. The zero-order chi connectivity index (χ0) is 16.1. The van der Waals surface area contributed by atoms with Crippen molar-refractivity contribution in [3.05, 3.63) is 64.6 Å². The number of amides is 1. The molecule has 1 aromatic carbocycles. The smallest absolute Gasteiger partial charge is 0.328 e. The van der Waals surface area contributed by atoms with E-state index in [-0.39, 0.29) is 5.78 Å². The highest BCUT2D eigenvalue weighted by Gasteiger charge is 2.19. The topological polar surface area (TPSA) is 83.5 Å². The molecule has 2 aromatic rings. The number of anilines is 1. The number of aryl methyl sites for hydroxylation is 1. The van der Waals surface area contributed by atoms with Crippen LogP contribution in [-0.4, -0.2) is 22.8 Å². The fourth-order valence-electron chi connectivity index (χ4n) is 1.85. The second-order valence-electron chi connectivity index (χ2n) is 4.48. The second-order valence-corrected chi connectivity index (χ2v) is 5.36. The minimum atomic E-state index is -1.21. The maximum Gasteiger partial charge on any atom is 0.328 e. The van der Waals surface area contributed by atoms with Crippen LogP contribution in [0.4, 0.5) is 5.00 Å².